The summed E-state index contributed by atoms with van der Waals surface area (Å²) in [5.74, 6) is -3.42. The lowest BCUT2D eigenvalue weighted by molar-refractivity contribution is 0.0129. The Morgan fingerprint density at radius 2 is 2.14 bits per heavy atom. The van der Waals surface area contributed by atoms with Crippen molar-refractivity contribution in [2.75, 3.05) is 18.2 Å². The van der Waals surface area contributed by atoms with E-state index < -0.39 is 11.9 Å². The van der Waals surface area contributed by atoms with E-state index in [-0.39, 0.29) is 28.6 Å². The van der Waals surface area contributed by atoms with Gasteiger partial charge in [0.15, 0.2) is 0 Å². The first-order valence-electron chi connectivity index (χ1n) is 6.27. The van der Waals surface area contributed by atoms with E-state index in [2.05, 4.69) is 20.0 Å². The minimum atomic E-state index is -3.07. The molecule has 6 nitrogen and oxygen atoms in total. The summed E-state index contributed by atoms with van der Waals surface area (Å²) in [5, 5.41) is 2.76. The monoisotopic (exact) mass is 308 g/mol. The van der Waals surface area contributed by atoms with Crippen molar-refractivity contribution in [2.24, 2.45) is 0 Å². The third-order valence-corrected chi connectivity index (χ3v) is 2.79. The smallest absolute Gasteiger partial charge is 0.340 e. The van der Waals surface area contributed by atoms with Crippen molar-refractivity contribution in [3.63, 3.8) is 0 Å². The third kappa shape index (κ3) is 3.46. The zero-order chi connectivity index (χ0) is 16.3. The molecular weight excluding hydrogens is 294 g/mol. The lowest BCUT2D eigenvalue weighted by atomic mass is 10.2. The first-order chi connectivity index (χ1) is 10.3. The lowest BCUT2D eigenvalue weighted by Gasteiger charge is -2.13. The second kappa shape index (κ2) is 5.92. The SMILES string of the molecule is COC(=O)c1cc(N)ncc1Nc1cccc(C(C)(F)F)n1. The number of carbonyl (C=O) groups excluding carboxylic acids is 1. The largest absolute Gasteiger partial charge is 0.465 e. The summed E-state index contributed by atoms with van der Waals surface area (Å²) in [4.78, 5) is 19.4. The molecule has 116 valence electrons. The molecule has 22 heavy (non-hydrogen) atoms. The maximum Gasteiger partial charge on any atom is 0.340 e. The van der Waals surface area contributed by atoms with Crippen molar-refractivity contribution in [3.05, 3.63) is 41.7 Å². The summed E-state index contributed by atoms with van der Waals surface area (Å²) in [7, 11) is 1.22. The van der Waals surface area contributed by atoms with Crippen LogP contribution in [0.3, 0.4) is 0 Å². The van der Waals surface area contributed by atoms with Crippen molar-refractivity contribution in [2.45, 2.75) is 12.8 Å². The summed E-state index contributed by atoms with van der Waals surface area (Å²) < 4.78 is 31.2. The van der Waals surface area contributed by atoms with Crippen molar-refractivity contribution in [1.29, 1.82) is 0 Å². The quantitative estimate of drug-likeness (QED) is 0.844. The molecule has 0 spiro atoms. The van der Waals surface area contributed by atoms with E-state index in [0.717, 1.165) is 6.92 Å². The maximum atomic E-state index is 13.3. The molecule has 0 aliphatic rings. The molecule has 0 unspecified atom stereocenters. The van der Waals surface area contributed by atoms with Crippen LogP contribution >= 0.6 is 0 Å². The van der Waals surface area contributed by atoms with Crippen LogP contribution in [0.4, 0.5) is 26.1 Å². The fourth-order valence-corrected chi connectivity index (χ4v) is 1.74. The number of rotatable bonds is 4. The molecule has 0 aliphatic heterocycles. The highest BCUT2D eigenvalue weighted by Crippen LogP contribution is 2.27. The molecule has 0 fully saturated rings. The van der Waals surface area contributed by atoms with Crippen LogP contribution in [0, 0.1) is 0 Å². The van der Waals surface area contributed by atoms with Crippen LogP contribution in [0.25, 0.3) is 0 Å². The fraction of sp³-hybridized carbons (Fsp3) is 0.214. The van der Waals surface area contributed by atoms with E-state index in [4.69, 9.17) is 5.73 Å². The van der Waals surface area contributed by atoms with Crippen LogP contribution in [0.15, 0.2) is 30.5 Å². The highest BCUT2D eigenvalue weighted by atomic mass is 19.3. The van der Waals surface area contributed by atoms with Gasteiger partial charge < -0.3 is 15.8 Å². The lowest BCUT2D eigenvalue weighted by Crippen LogP contribution is -2.12. The number of nitrogens with two attached hydrogens (primary N) is 1. The van der Waals surface area contributed by atoms with Gasteiger partial charge in [-0.05, 0) is 18.2 Å². The molecule has 2 aromatic heterocycles. The number of pyridine rings is 2. The number of halogens is 2. The van der Waals surface area contributed by atoms with E-state index in [1.54, 1.807) is 0 Å². The van der Waals surface area contributed by atoms with Crippen LogP contribution in [-0.2, 0) is 10.7 Å². The van der Waals surface area contributed by atoms with E-state index >= 15 is 0 Å². The molecule has 0 bridgehead atoms. The van der Waals surface area contributed by atoms with Gasteiger partial charge in [-0.2, -0.15) is 8.78 Å². The van der Waals surface area contributed by atoms with Crippen molar-refractivity contribution in [3.8, 4) is 0 Å². The molecule has 0 saturated heterocycles. The Morgan fingerprint density at radius 3 is 2.77 bits per heavy atom. The number of esters is 1. The molecule has 8 heteroatoms. The van der Waals surface area contributed by atoms with Crippen LogP contribution < -0.4 is 11.1 Å². The van der Waals surface area contributed by atoms with Gasteiger partial charge in [0.25, 0.3) is 5.92 Å². The Morgan fingerprint density at radius 1 is 1.41 bits per heavy atom. The van der Waals surface area contributed by atoms with Gasteiger partial charge in [0.1, 0.15) is 17.3 Å². The predicted octanol–water partition coefficient (Wildman–Crippen LogP) is 2.70. The van der Waals surface area contributed by atoms with E-state index in [0.29, 0.717) is 0 Å². The van der Waals surface area contributed by atoms with Gasteiger partial charge in [-0.25, -0.2) is 14.8 Å². The Kier molecular flexibility index (Phi) is 4.20. The zero-order valence-electron chi connectivity index (χ0n) is 11.9. The van der Waals surface area contributed by atoms with E-state index in [1.165, 1.54) is 37.6 Å². The molecule has 2 aromatic rings. The Balaban J connectivity index is 2.37. The highest BCUT2D eigenvalue weighted by molar-refractivity contribution is 5.96. The van der Waals surface area contributed by atoms with Crippen LogP contribution in [0.1, 0.15) is 23.0 Å². The average molecular weight is 308 g/mol. The molecule has 0 radical (unpaired) electrons. The minimum absolute atomic E-state index is 0.130. The number of methoxy groups -OCH3 is 1. The summed E-state index contributed by atoms with van der Waals surface area (Å²) in [6, 6.07) is 5.47. The van der Waals surface area contributed by atoms with Gasteiger partial charge in [-0.15, -0.1) is 0 Å². The Bertz CT molecular complexity index is 701. The summed E-state index contributed by atoms with van der Waals surface area (Å²) in [6.45, 7) is 0.754. The standard InChI is InChI=1S/C14H14F2N4O2/c1-14(15,16)10-4-3-5-12(20-10)19-9-7-18-11(17)6-8(9)13(21)22-2/h3-7H,1-2H3,(H2,17,18)(H,19,20). The van der Waals surface area contributed by atoms with Crippen LogP contribution in [0.5, 0.6) is 0 Å². The Labute approximate surface area is 125 Å². The number of nitrogens with one attached hydrogen (secondary N) is 1. The second-order valence-corrected chi connectivity index (χ2v) is 4.57. The summed E-state index contributed by atoms with van der Waals surface area (Å²) in [6.07, 6.45) is 1.31. The Hall–Kier alpha value is -2.77. The summed E-state index contributed by atoms with van der Waals surface area (Å²) in [5.41, 5.74) is 5.53. The van der Waals surface area contributed by atoms with E-state index in [9.17, 15) is 13.6 Å². The molecule has 0 saturated carbocycles. The van der Waals surface area contributed by atoms with Crippen molar-refractivity contribution >= 4 is 23.3 Å². The maximum absolute atomic E-state index is 13.3. The van der Waals surface area contributed by atoms with Crippen LogP contribution in [-0.4, -0.2) is 23.0 Å². The number of nitrogens with zero attached hydrogens (tertiary/aromatic N) is 2. The number of hydrogen-bond donors (Lipinski definition) is 2. The molecule has 0 aromatic carbocycles. The first-order valence-corrected chi connectivity index (χ1v) is 6.27. The zero-order valence-corrected chi connectivity index (χ0v) is 11.9. The predicted molar refractivity (Wildman–Crippen MR) is 77.1 cm³/mol. The first kappa shape index (κ1) is 15.6. The number of nitrogen functional groups attached to an aromatic ring is 1. The van der Waals surface area contributed by atoms with E-state index in [1.807, 2.05) is 0 Å². The van der Waals surface area contributed by atoms with Crippen molar-refractivity contribution < 1.29 is 18.3 Å². The molecule has 3 N–H and O–H groups in total. The van der Waals surface area contributed by atoms with Gasteiger partial charge in [-0.1, -0.05) is 6.07 Å². The number of carbonyl (C=O) groups is 1. The van der Waals surface area contributed by atoms with Crippen LogP contribution in [0.2, 0.25) is 0 Å². The second-order valence-electron chi connectivity index (χ2n) is 4.57. The number of aromatic nitrogens is 2. The molecule has 2 rings (SSSR count). The average Bonchev–Trinajstić information content (AvgIpc) is 2.47. The molecule has 2 heterocycles. The topological polar surface area (TPSA) is 90.1 Å². The number of hydrogen-bond acceptors (Lipinski definition) is 6. The summed E-state index contributed by atoms with van der Waals surface area (Å²) >= 11 is 0. The number of alkyl halides is 2. The van der Waals surface area contributed by atoms with Gasteiger partial charge in [0.2, 0.25) is 0 Å². The fourth-order valence-electron chi connectivity index (χ4n) is 1.74. The number of anilines is 3. The van der Waals surface area contributed by atoms with Gasteiger partial charge >= 0.3 is 5.97 Å². The normalized spacial score (nSPS) is 11.1. The van der Waals surface area contributed by atoms with Gasteiger partial charge in [0, 0.05) is 6.92 Å². The molecule has 0 atom stereocenters. The van der Waals surface area contributed by atoms with Gasteiger partial charge in [0.05, 0.1) is 24.6 Å². The number of ether oxygens (including phenoxy) is 1. The molecular formula is C14H14F2N4O2. The van der Waals surface area contributed by atoms with Gasteiger partial charge in [-0.3, -0.25) is 0 Å². The molecule has 0 amide bonds. The highest BCUT2D eigenvalue weighted by Gasteiger charge is 2.26. The minimum Gasteiger partial charge on any atom is -0.465 e. The molecule has 0 aliphatic carbocycles. The third-order valence-electron chi connectivity index (χ3n) is 2.79. The van der Waals surface area contributed by atoms with Crippen molar-refractivity contribution in [1.82, 2.24) is 9.97 Å².